The highest BCUT2D eigenvalue weighted by Gasteiger charge is 2.09. The highest BCUT2D eigenvalue weighted by atomic mass is 32.1. The Bertz CT molecular complexity index is 493. The van der Waals surface area contributed by atoms with E-state index < -0.39 is 17.1 Å². The number of nitrogens with zero attached hydrogens (tertiary/aromatic N) is 1. The van der Waals surface area contributed by atoms with Gasteiger partial charge in [-0.2, -0.15) is 4.39 Å². The number of hydrogen-bond acceptors (Lipinski definition) is 3. The van der Waals surface area contributed by atoms with Crippen LogP contribution in [-0.2, 0) is 6.54 Å². The lowest BCUT2D eigenvalue weighted by molar-refractivity contribution is 0.520. The van der Waals surface area contributed by atoms with Crippen molar-refractivity contribution in [3.05, 3.63) is 32.9 Å². The molecule has 1 aromatic rings. The second kappa shape index (κ2) is 4.35. The van der Waals surface area contributed by atoms with Crippen LogP contribution in [0.4, 0.5) is 4.39 Å². The molecule has 7 heteroatoms. The van der Waals surface area contributed by atoms with E-state index in [2.05, 4.69) is 0 Å². The van der Waals surface area contributed by atoms with Crippen LogP contribution in [0, 0.1) is 11.7 Å². The van der Waals surface area contributed by atoms with Crippen LogP contribution in [0.5, 0.6) is 0 Å². The van der Waals surface area contributed by atoms with Crippen molar-refractivity contribution in [3.63, 3.8) is 0 Å². The fourth-order valence-electron chi connectivity index (χ4n) is 1.00. The van der Waals surface area contributed by atoms with Crippen LogP contribution in [0.1, 0.15) is 6.92 Å². The quantitative estimate of drug-likeness (QED) is 0.693. The maximum absolute atomic E-state index is 12.8. The van der Waals surface area contributed by atoms with Crippen LogP contribution in [0.25, 0.3) is 0 Å². The summed E-state index contributed by atoms with van der Waals surface area (Å²) in [6, 6.07) is 0. The molecule has 1 aromatic heterocycles. The lowest BCUT2D eigenvalue weighted by Crippen LogP contribution is -2.34. The molecular formula is C8H10FN3O2S. The first-order valence-corrected chi connectivity index (χ1v) is 4.61. The van der Waals surface area contributed by atoms with Gasteiger partial charge in [-0.3, -0.25) is 14.3 Å². The van der Waals surface area contributed by atoms with Gasteiger partial charge in [0.2, 0.25) is 5.82 Å². The zero-order chi connectivity index (χ0) is 11.6. The first-order chi connectivity index (χ1) is 6.91. The summed E-state index contributed by atoms with van der Waals surface area (Å²) in [5.41, 5.74) is 3.65. The van der Waals surface area contributed by atoms with Gasteiger partial charge in [-0.1, -0.05) is 19.1 Å². The fraction of sp³-hybridized carbons (Fsp3) is 0.375. The maximum atomic E-state index is 12.8. The number of nitrogens with one attached hydrogen (secondary N) is 1. The molecule has 5 nitrogen and oxygen atoms in total. The zero-order valence-electron chi connectivity index (χ0n) is 7.99. The van der Waals surface area contributed by atoms with Gasteiger partial charge in [0.25, 0.3) is 5.56 Å². The fourth-order valence-corrected chi connectivity index (χ4v) is 1.08. The molecule has 1 rings (SSSR count). The van der Waals surface area contributed by atoms with E-state index in [0.717, 1.165) is 10.8 Å². The summed E-state index contributed by atoms with van der Waals surface area (Å²) in [5, 5.41) is 0. The molecule has 0 saturated carbocycles. The minimum absolute atomic E-state index is 0.141. The molecule has 0 fully saturated rings. The third kappa shape index (κ3) is 2.72. The molecule has 0 radical (unpaired) electrons. The number of thiocarbonyl (C=S) groups is 1. The van der Waals surface area contributed by atoms with E-state index in [1.165, 1.54) is 0 Å². The average molecular weight is 231 g/mol. The van der Waals surface area contributed by atoms with Crippen LogP contribution in [0.2, 0.25) is 0 Å². The van der Waals surface area contributed by atoms with Crippen molar-refractivity contribution >= 4 is 17.2 Å². The molecule has 0 aliphatic carbocycles. The van der Waals surface area contributed by atoms with Crippen LogP contribution in [-0.4, -0.2) is 14.5 Å². The van der Waals surface area contributed by atoms with Gasteiger partial charge in [-0.15, -0.1) is 0 Å². The molecule has 0 aromatic carbocycles. The number of halogens is 1. The summed E-state index contributed by atoms with van der Waals surface area (Å²) in [7, 11) is 0. The second-order valence-corrected chi connectivity index (χ2v) is 3.66. The third-order valence-corrected chi connectivity index (χ3v) is 2.33. The van der Waals surface area contributed by atoms with Crippen molar-refractivity contribution in [1.29, 1.82) is 0 Å². The van der Waals surface area contributed by atoms with E-state index >= 15 is 0 Å². The van der Waals surface area contributed by atoms with Gasteiger partial charge >= 0.3 is 5.69 Å². The van der Waals surface area contributed by atoms with Crippen LogP contribution in [0.15, 0.2) is 15.8 Å². The van der Waals surface area contributed by atoms with Crippen molar-refractivity contribution in [2.24, 2.45) is 11.7 Å². The Balaban J connectivity index is 3.06. The monoisotopic (exact) mass is 231 g/mol. The highest BCUT2D eigenvalue weighted by Crippen LogP contribution is 1.98. The number of hydrogen-bond donors (Lipinski definition) is 2. The van der Waals surface area contributed by atoms with E-state index in [1.54, 1.807) is 6.92 Å². The van der Waals surface area contributed by atoms with Gasteiger partial charge in [0.15, 0.2) is 0 Å². The second-order valence-electron chi connectivity index (χ2n) is 3.19. The number of H-pyrrole nitrogens is 1. The topological polar surface area (TPSA) is 80.9 Å². The Labute approximate surface area is 89.7 Å². The molecule has 3 N–H and O–H groups in total. The van der Waals surface area contributed by atoms with E-state index in [-0.39, 0.29) is 17.5 Å². The largest absolute Gasteiger partial charge is 0.393 e. The van der Waals surface area contributed by atoms with Crippen molar-refractivity contribution in [1.82, 2.24) is 9.55 Å². The Kier molecular flexibility index (Phi) is 3.35. The van der Waals surface area contributed by atoms with E-state index in [4.69, 9.17) is 18.0 Å². The Hall–Kier alpha value is -1.50. The zero-order valence-corrected chi connectivity index (χ0v) is 8.81. The minimum Gasteiger partial charge on any atom is -0.393 e. The number of aromatic nitrogens is 2. The number of rotatable bonds is 3. The standard InChI is InChI=1S/C8H10FN3O2S/c1-4(6(10)15)2-12-3-5(9)7(13)11-8(12)14/h3-4H,2H2,1H3,(H2,10,15)(H,11,13,14). The smallest absolute Gasteiger partial charge is 0.328 e. The molecule has 0 saturated heterocycles. The first-order valence-electron chi connectivity index (χ1n) is 4.20. The predicted octanol–water partition coefficient (Wildman–Crippen LogP) is -0.402. The summed E-state index contributed by atoms with van der Waals surface area (Å²) >= 11 is 4.72. The third-order valence-electron chi connectivity index (χ3n) is 1.92. The Morgan fingerprint density at radius 2 is 2.33 bits per heavy atom. The first kappa shape index (κ1) is 11.6. The summed E-state index contributed by atoms with van der Waals surface area (Å²) in [4.78, 5) is 24.0. The van der Waals surface area contributed by atoms with Crippen LogP contribution in [0.3, 0.4) is 0 Å². The van der Waals surface area contributed by atoms with Gasteiger partial charge in [0.05, 0.1) is 11.2 Å². The molecule has 0 amide bonds. The normalized spacial score (nSPS) is 12.4. The molecule has 1 atom stereocenters. The summed E-state index contributed by atoms with van der Waals surface area (Å²) in [5.74, 6) is -1.26. The molecule has 0 spiro atoms. The summed E-state index contributed by atoms with van der Waals surface area (Å²) < 4.78 is 13.9. The molecule has 1 unspecified atom stereocenters. The van der Waals surface area contributed by atoms with Gasteiger partial charge in [0, 0.05) is 12.5 Å². The SMILES string of the molecule is CC(Cn1cc(F)c(=O)[nH]c1=O)C(N)=S. The Morgan fingerprint density at radius 3 is 2.87 bits per heavy atom. The summed E-state index contributed by atoms with van der Waals surface area (Å²) in [6.45, 7) is 1.85. The maximum Gasteiger partial charge on any atom is 0.328 e. The van der Waals surface area contributed by atoms with Gasteiger partial charge in [-0.05, 0) is 0 Å². The number of aromatic amines is 1. The van der Waals surface area contributed by atoms with Crippen LogP contribution < -0.4 is 17.0 Å². The molecular weight excluding hydrogens is 221 g/mol. The molecule has 0 bridgehead atoms. The molecule has 0 aliphatic heterocycles. The number of nitrogens with two attached hydrogens (primary N) is 1. The average Bonchev–Trinajstić information content (AvgIpc) is 2.13. The molecule has 1 heterocycles. The highest BCUT2D eigenvalue weighted by molar-refractivity contribution is 7.80. The lowest BCUT2D eigenvalue weighted by atomic mass is 10.2. The van der Waals surface area contributed by atoms with Crippen molar-refractivity contribution in [2.45, 2.75) is 13.5 Å². The van der Waals surface area contributed by atoms with Gasteiger partial charge < -0.3 is 5.73 Å². The van der Waals surface area contributed by atoms with Crippen molar-refractivity contribution < 1.29 is 4.39 Å². The minimum atomic E-state index is -1.03. The van der Waals surface area contributed by atoms with E-state index in [9.17, 15) is 14.0 Å². The molecule has 15 heavy (non-hydrogen) atoms. The molecule has 0 aliphatic rings. The van der Waals surface area contributed by atoms with Gasteiger partial charge in [0.1, 0.15) is 0 Å². The summed E-state index contributed by atoms with van der Waals surface area (Å²) in [6.07, 6.45) is 0.843. The predicted molar refractivity (Wildman–Crippen MR) is 57.2 cm³/mol. The van der Waals surface area contributed by atoms with E-state index in [0.29, 0.717) is 0 Å². The van der Waals surface area contributed by atoms with E-state index in [1.807, 2.05) is 4.98 Å². The van der Waals surface area contributed by atoms with Crippen molar-refractivity contribution in [3.8, 4) is 0 Å². The van der Waals surface area contributed by atoms with Crippen molar-refractivity contribution in [2.75, 3.05) is 0 Å². The van der Waals surface area contributed by atoms with Gasteiger partial charge in [-0.25, -0.2) is 4.79 Å². The molecule has 82 valence electrons. The van der Waals surface area contributed by atoms with Crippen LogP contribution >= 0.6 is 12.2 Å². The Morgan fingerprint density at radius 1 is 1.73 bits per heavy atom. The lowest BCUT2D eigenvalue weighted by Gasteiger charge is -2.10.